The van der Waals surface area contributed by atoms with Gasteiger partial charge in [-0.15, -0.1) is 0 Å². The minimum Gasteiger partial charge on any atom is -0.384 e. The van der Waals surface area contributed by atoms with E-state index >= 15 is 0 Å². The van der Waals surface area contributed by atoms with Crippen LogP contribution in [0.15, 0.2) is 41.6 Å². The minimum atomic E-state index is 0.490. The molecule has 1 aromatic rings. The first-order valence-corrected chi connectivity index (χ1v) is 9.43. The van der Waals surface area contributed by atoms with E-state index < -0.39 is 0 Å². The van der Waals surface area contributed by atoms with Crippen LogP contribution >= 0.6 is 11.6 Å². The Hall–Kier alpha value is -1.85. The monoisotopic (exact) mass is 376 g/mol. The van der Waals surface area contributed by atoms with Gasteiger partial charge in [-0.25, -0.2) is 4.98 Å². The summed E-state index contributed by atoms with van der Waals surface area (Å²) in [6.07, 6.45) is 11.1. The third-order valence-electron chi connectivity index (χ3n) is 4.39. The highest BCUT2D eigenvalue weighted by Crippen LogP contribution is 2.24. The second-order valence-corrected chi connectivity index (χ2v) is 7.08. The van der Waals surface area contributed by atoms with Crippen molar-refractivity contribution in [2.24, 2.45) is 0 Å². The van der Waals surface area contributed by atoms with Crippen molar-refractivity contribution < 1.29 is 4.74 Å². The van der Waals surface area contributed by atoms with E-state index in [1.54, 1.807) is 7.11 Å². The lowest BCUT2D eigenvalue weighted by molar-refractivity contribution is 0.204. The predicted molar refractivity (Wildman–Crippen MR) is 110 cm³/mol. The van der Waals surface area contributed by atoms with Crippen molar-refractivity contribution >= 4 is 23.4 Å². The Balaban J connectivity index is 2.07. The zero-order valence-corrected chi connectivity index (χ0v) is 16.7. The number of halogens is 1. The van der Waals surface area contributed by atoms with Gasteiger partial charge >= 0.3 is 0 Å². The maximum absolute atomic E-state index is 5.96. The van der Waals surface area contributed by atoms with Crippen molar-refractivity contribution in [1.29, 1.82) is 0 Å². The number of aromatic nitrogens is 2. The molecule has 2 heterocycles. The van der Waals surface area contributed by atoms with Gasteiger partial charge in [0.05, 0.1) is 0 Å². The van der Waals surface area contributed by atoms with Gasteiger partial charge in [-0.2, -0.15) is 4.98 Å². The molecule has 1 aliphatic heterocycles. The van der Waals surface area contributed by atoms with Gasteiger partial charge in [0.15, 0.2) is 0 Å². The molecule has 0 saturated carbocycles. The number of rotatable bonds is 9. The molecule has 0 spiro atoms. The van der Waals surface area contributed by atoms with E-state index in [1.807, 2.05) is 25.3 Å². The summed E-state index contributed by atoms with van der Waals surface area (Å²) in [5, 5.41) is 3.91. The molecule has 1 fully saturated rings. The van der Waals surface area contributed by atoms with Gasteiger partial charge in [0.25, 0.3) is 0 Å². The molecule has 0 aliphatic carbocycles. The van der Waals surface area contributed by atoms with Crippen LogP contribution < -0.4 is 10.2 Å². The van der Waals surface area contributed by atoms with E-state index in [2.05, 4.69) is 34.8 Å². The molecule has 142 valence electrons. The van der Waals surface area contributed by atoms with Crippen LogP contribution in [0.2, 0.25) is 0 Å². The summed E-state index contributed by atoms with van der Waals surface area (Å²) >= 11 is 5.96. The lowest BCUT2D eigenvalue weighted by atomic mass is 10.2. The average molecular weight is 377 g/mol. The summed E-state index contributed by atoms with van der Waals surface area (Å²) in [5.41, 5.74) is 2.06. The summed E-state index contributed by atoms with van der Waals surface area (Å²) < 4.78 is 5.07. The Bertz CT molecular complexity index is 672. The number of nitrogens with zero attached hydrogens (tertiary/aromatic N) is 3. The Morgan fingerprint density at radius 1 is 1.54 bits per heavy atom. The van der Waals surface area contributed by atoms with Crippen molar-refractivity contribution in [1.82, 2.24) is 9.97 Å². The maximum Gasteiger partial charge on any atom is 0.227 e. The van der Waals surface area contributed by atoms with Crippen LogP contribution in [0.1, 0.15) is 31.7 Å². The molecule has 1 unspecified atom stereocenters. The molecule has 1 saturated heterocycles. The molecule has 0 amide bonds. The van der Waals surface area contributed by atoms with Gasteiger partial charge in [-0.05, 0) is 44.8 Å². The first-order chi connectivity index (χ1) is 12.5. The standard InChI is InChI=1S/C20H29ClN4O/c1-15-13-23-20(25-10-7-8-17(25)3)24-19(15)22-14-18(12-16(2)21)9-5-6-11-26-4/h5,9,12-13,17H,2,6-8,10-11,14H2,1,3-4H3,(H,22,23,24)/b9-5-,18-12+. The first-order valence-electron chi connectivity index (χ1n) is 9.06. The van der Waals surface area contributed by atoms with E-state index in [0.29, 0.717) is 24.2 Å². The van der Waals surface area contributed by atoms with Crippen molar-refractivity contribution in [3.05, 3.63) is 47.2 Å². The van der Waals surface area contributed by atoms with Crippen molar-refractivity contribution in [3.63, 3.8) is 0 Å². The molecular weight excluding hydrogens is 348 g/mol. The summed E-state index contributed by atoms with van der Waals surface area (Å²) in [5.74, 6) is 1.65. The van der Waals surface area contributed by atoms with Crippen LogP contribution in [0.25, 0.3) is 0 Å². The number of allylic oxidation sites excluding steroid dienone is 2. The number of aryl methyl sites for hydroxylation is 1. The highest BCUT2D eigenvalue weighted by Gasteiger charge is 2.23. The normalized spacial score (nSPS) is 17.9. The van der Waals surface area contributed by atoms with Crippen molar-refractivity contribution in [2.75, 3.05) is 37.0 Å². The lowest BCUT2D eigenvalue weighted by Gasteiger charge is -2.22. The van der Waals surface area contributed by atoms with Crippen LogP contribution in [0.4, 0.5) is 11.8 Å². The second kappa shape index (κ2) is 10.3. The molecule has 1 aromatic heterocycles. The summed E-state index contributed by atoms with van der Waals surface area (Å²) in [7, 11) is 1.70. The predicted octanol–water partition coefficient (Wildman–Crippen LogP) is 4.46. The highest BCUT2D eigenvalue weighted by atomic mass is 35.5. The van der Waals surface area contributed by atoms with Crippen LogP contribution in [-0.4, -0.2) is 42.8 Å². The fourth-order valence-electron chi connectivity index (χ4n) is 2.95. The molecule has 5 nitrogen and oxygen atoms in total. The van der Waals surface area contributed by atoms with E-state index in [9.17, 15) is 0 Å². The molecule has 0 aromatic carbocycles. The van der Waals surface area contributed by atoms with Crippen LogP contribution in [0, 0.1) is 6.92 Å². The second-order valence-electron chi connectivity index (χ2n) is 6.59. The van der Waals surface area contributed by atoms with Gasteiger partial charge in [0.2, 0.25) is 5.95 Å². The number of nitrogens with one attached hydrogen (secondary N) is 1. The largest absolute Gasteiger partial charge is 0.384 e. The highest BCUT2D eigenvalue weighted by molar-refractivity contribution is 6.30. The molecule has 2 rings (SSSR count). The quantitative estimate of drug-likeness (QED) is 0.509. The Labute approximate surface area is 161 Å². The summed E-state index contributed by atoms with van der Waals surface area (Å²) in [4.78, 5) is 11.5. The molecule has 1 atom stereocenters. The Kier molecular flexibility index (Phi) is 8.13. The Morgan fingerprint density at radius 3 is 3.00 bits per heavy atom. The van der Waals surface area contributed by atoms with Gasteiger partial charge in [0.1, 0.15) is 5.82 Å². The van der Waals surface area contributed by atoms with E-state index in [4.69, 9.17) is 21.3 Å². The van der Waals surface area contributed by atoms with Gasteiger partial charge in [0, 0.05) is 49.6 Å². The van der Waals surface area contributed by atoms with Crippen LogP contribution in [0.3, 0.4) is 0 Å². The molecule has 1 aliphatic rings. The van der Waals surface area contributed by atoms with E-state index in [1.165, 1.54) is 12.8 Å². The Morgan fingerprint density at radius 2 is 2.35 bits per heavy atom. The molecule has 26 heavy (non-hydrogen) atoms. The molecule has 0 radical (unpaired) electrons. The zero-order chi connectivity index (χ0) is 18.9. The molecular formula is C20H29ClN4O. The fraction of sp³-hybridized carbons (Fsp3) is 0.500. The minimum absolute atomic E-state index is 0.490. The lowest BCUT2D eigenvalue weighted by Crippen LogP contribution is -2.28. The number of ether oxygens (including phenoxy) is 1. The van der Waals surface area contributed by atoms with Gasteiger partial charge in [-0.3, -0.25) is 0 Å². The third-order valence-corrected chi connectivity index (χ3v) is 4.50. The third kappa shape index (κ3) is 6.15. The first kappa shape index (κ1) is 20.5. The number of methoxy groups -OCH3 is 1. The van der Waals surface area contributed by atoms with Crippen LogP contribution in [0.5, 0.6) is 0 Å². The molecule has 6 heteroatoms. The van der Waals surface area contributed by atoms with E-state index in [0.717, 1.165) is 35.9 Å². The van der Waals surface area contributed by atoms with E-state index in [-0.39, 0.29) is 0 Å². The smallest absolute Gasteiger partial charge is 0.227 e. The summed E-state index contributed by atoms with van der Waals surface area (Å²) in [6, 6.07) is 0.490. The zero-order valence-electron chi connectivity index (χ0n) is 16.0. The number of hydrogen-bond donors (Lipinski definition) is 1. The van der Waals surface area contributed by atoms with Crippen LogP contribution in [-0.2, 0) is 4.74 Å². The van der Waals surface area contributed by atoms with Gasteiger partial charge < -0.3 is 15.0 Å². The fourth-order valence-corrected chi connectivity index (χ4v) is 3.09. The van der Waals surface area contributed by atoms with Gasteiger partial charge in [-0.1, -0.05) is 30.3 Å². The van der Waals surface area contributed by atoms with Crippen molar-refractivity contribution in [3.8, 4) is 0 Å². The number of anilines is 2. The average Bonchev–Trinajstić information content (AvgIpc) is 3.03. The topological polar surface area (TPSA) is 50.3 Å². The SMILES string of the molecule is C=C(Cl)/C=C(\C=C/CCOC)CNc1nc(N2CCCC2C)ncc1C. The van der Waals surface area contributed by atoms with Crippen molar-refractivity contribution in [2.45, 2.75) is 39.2 Å². The molecule has 1 N–H and O–H groups in total. The summed E-state index contributed by atoms with van der Waals surface area (Å²) in [6.45, 7) is 10.3. The number of hydrogen-bond acceptors (Lipinski definition) is 5. The molecule has 0 bridgehead atoms. The maximum atomic E-state index is 5.96.